The molecular weight excluding hydrogens is 467 g/mol. The molecule has 1 aliphatic rings. The number of hydrogen-bond acceptors (Lipinski definition) is 5. The summed E-state index contributed by atoms with van der Waals surface area (Å²) in [4.78, 5) is 42.8. The summed E-state index contributed by atoms with van der Waals surface area (Å²) in [6.45, 7) is 3.56. The molecule has 1 fully saturated rings. The molecule has 3 amide bonds. The third-order valence-corrected chi connectivity index (χ3v) is 6.73. The Morgan fingerprint density at radius 1 is 1.00 bits per heavy atom. The van der Waals surface area contributed by atoms with E-state index in [1.165, 1.54) is 12.1 Å². The maximum atomic E-state index is 13.5. The predicted molar refractivity (Wildman–Crippen MR) is 126 cm³/mol. The second-order valence-electron chi connectivity index (χ2n) is 7.87. The summed E-state index contributed by atoms with van der Waals surface area (Å²) in [5, 5.41) is 8.39. The quantitative estimate of drug-likeness (QED) is 0.419. The zero-order chi connectivity index (χ0) is 23.8. The van der Waals surface area contributed by atoms with Gasteiger partial charge in [0.1, 0.15) is 16.1 Å². The van der Waals surface area contributed by atoms with Crippen LogP contribution in [-0.2, 0) is 9.59 Å². The molecule has 0 bridgehead atoms. The predicted octanol–water partition coefficient (Wildman–Crippen LogP) is 5.16. The van der Waals surface area contributed by atoms with E-state index in [9.17, 15) is 18.8 Å². The number of rotatable bonds is 6. The summed E-state index contributed by atoms with van der Waals surface area (Å²) in [5.74, 6) is -1.92. The molecule has 3 N–H and O–H groups in total. The van der Waals surface area contributed by atoms with Crippen molar-refractivity contribution in [3.05, 3.63) is 69.4 Å². The van der Waals surface area contributed by atoms with Crippen LogP contribution in [0, 0.1) is 25.1 Å². The minimum absolute atomic E-state index is 0.129. The van der Waals surface area contributed by atoms with E-state index in [0.29, 0.717) is 24.2 Å². The molecule has 0 aliphatic heterocycles. The van der Waals surface area contributed by atoms with E-state index in [-0.39, 0.29) is 26.6 Å². The van der Waals surface area contributed by atoms with Crippen LogP contribution in [0.5, 0.6) is 0 Å². The SMILES string of the molecule is Cc1ccc(NC(=O)C2(C(=O)Nc3nc(C)c(C(=O)Nc4cc(F)ccc4Cl)s3)CC2)cc1. The molecule has 1 heterocycles. The third-order valence-electron chi connectivity index (χ3n) is 5.33. The van der Waals surface area contributed by atoms with E-state index in [1.807, 2.05) is 19.1 Å². The fourth-order valence-electron chi connectivity index (χ4n) is 3.22. The van der Waals surface area contributed by atoms with Gasteiger partial charge < -0.3 is 16.0 Å². The van der Waals surface area contributed by atoms with Gasteiger partial charge in [0.05, 0.1) is 16.4 Å². The number of halogens is 2. The Balaban J connectivity index is 1.44. The first-order valence-corrected chi connectivity index (χ1v) is 11.3. The number of nitrogens with one attached hydrogen (secondary N) is 3. The van der Waals surface area contributed by atoms with Crippen LogP contribution in [0.25, 0.3) is 0 Å². The van der Waals surface area contributed by atoms with Crippen molar-refractivity contribution in [1.29, 1.82) is 0 Å². The highest BCUT2D eigenvalue weighted by Crippen LogP contribution is 2.47. The maximum absolute atomic E-state index is 13.5. The van der Waals surface area contributed by atoms with Gasteiger partial charge in [-0.1, -0.05) is 40.6 Å². The topological polar surface area (TPSA) is 100 Å². The monoisotopic (exact) mass is 486 g/mol. The molecule has 33 heavy (non-hydrogen) atoms. The molecule has 2 aromatic carbocycles. The fourth-order valence-corrected chi connectivity index (χ4v) is 4.24. The van der Waals surface area contributed by atoms with E-state index < -0.39 is 23.0 Å². The molecule has 1 aromatic heterocycles. The van der Waals surface area contributed by atoms with Crippen LogP contribution in [0.15, 0.2) is 42.5 Å². The zero-order valence-corrected chi connectivity index (χ0v) is 19.4. The fraction of sp³-hybridized carbons (Fsp3) is 0.217. The Labute approximate surface area is 198 Å². The van der Waals surface area contributed by atoms with Gasteiger partial charge in [-0.25, -0.2) is 9.37 Å². The molecule has 170 valence electrons. The van der Waals surface area contributed by atoms with Crippen LogP contribution < -0.4 is 16.0 Å². The normalized spacial score (nSPS) is 13.8. The second kappa shape index (κ2) is 8.92. The molecule has 0 radical (unpaired) electrons. The van der Waals surface area contributed by atoms with Crippen molar-refractivity contribution in [2.24, 2.45) is 5.41 Å². The van der Waals surface area contributed by atoms with Crippen molar-refractivity contribution in [2.75, 3.05) is 16.0 Å². The van der Waals surface area contributed by atoms with E-state index >= 15 is 0 Å². The summed E-state index contributed by atoms with van der Waals surface area (Å²) in [5.41, 5.74) is 1.02. The Morgan fingerprint density at radius 2 is 1.67 bits per heavy atom. The van der Waals surface area contributed by atoms with Crippen molar-refractivity contribution < 1.29 is 18.8 Å². The minimum Gasteiger partial charge on any atom is -0.325 e. The van der Waals surface area contributed by atoms with Crippen LogP contribution >= 0.6 is 22.9 Å². The lowest BCUT2D eigenvalue weighted by Crippen LogP contribution is -2.35. The molecule has 10 heteroatoms. The third kappa shape index (κ3) is 4.89. The summed E-state index contributed by atoms with van der Waals surface area (Å²) in [7, 11) is 0. The molecule has 3 aromatic rings. The van der Waals surface area contributed by atoms with Gasteiger partial charge in [0.2, 0.25) is 11.8 Å². The highest BCUT2D eigenvalue weighted by molar-refractivity contribution is 7.17. The number of aromatic nitrogens is 1. The van der Waals surface area contributed by atoms with Crippen molar-refractivity contribution in [2.45, 2.75) is 26.7 Å². The van der Waals surface area contributed by atoms with Crippen molar-refractivity contribution in [3.8, 4) is 0 Å². The first kappa shape index (κ1) is 22.9. The molecule has 0 saturated heterocycles. The zero-order valence-electron chi connectivity index (χ0n) is 17.8. The van der Waals surface area contributed by atoms with Gasteiger partial charge in [-0.05, 0) is 57.0 Å². The number of thiazole rings is 1. The number of benzene rings is 2. The first-order valence-electron chi connectivity index (χ1n) is 10.1. The van der Waals surface area contributed by atoms with Gasteiger partial charge in [-0.3, -0.25) is 14.4 Å². The number of hydrogen-bond donors (Lipinski definition) is 3. The first-order chi connectivity index (χ1) is 15.7. The lowest BCUT2D eigenvalue weighted by Gasteiger charge is -2.14. The Morgan fingerprint density at radius 3 is 2.33 bits per heavy atom. The average molecular weight is 487 g/mol. The van der Waals surface area contributed by atoms with Gasteiger partial charge >= 0.3 is 0 Å². The standard InChI is InChI=1S/C23H20ClFN4O3S/c1-12-3-6-15(7-4-12)27-20(31)23(9-10-23)21(32)29-22-26-13(2)18(33-22)19(30)28-17-11-14(25)5-8-16(17)24/h3-8,11H,9-10H2,1-2H3,(H,27,31)(H,28,30)(H,26,29,32). The molecule has 4 rings (SSSR count). The van der Waals surface area contributed by atoms with Gasteiger partial charge in [0, 0.05) is 5.69 Å². The number of amides is 3. The number of nitrogens with zero attached hydrogens (tertiary/aromatic N) is 1. The molecule has 0 spiro atoms. The Hall–Kier alpha value is -3.30. The van der Waals surface area contributed by atoms with Crippen molar-refractivity contribution in [1.82, 2.24) is 4.98 Å². The van der Waals surface area contributed by atoms with Crippen LogP contribution in [0.1, 0.15) is 33.8 Å². The number of aryl methyl sites for hydroxylation is 2. The smallest absolute Gasteiger partial charge is 0.267 e. The maximum Gasteiger partial charge on any atom is 0.267 e. The molecule has 0 unspecified atom stereocenters. The second-order valence-corrected chi connectivity index (χ2v) is 9.27. The lowest BCUT2D eigenvalue weighted by molar-refractivity contribution is -0.131. The van der Waals surface area contributed by atoms with Gasteiger partial charge in [0.15, 0.2) is 5.13 Å². The van der Waals surface area contributed by atoms with Gasteiger partial charge in [0.25, 0.3) is 5.91 Å². The van der Waals surface area contributed by atoms with E-state index in [1.54, 1.807) is 19.1 Å². The van der Waals surface area contributed by atoms with Crippen molar-refractivity contribution >= 4 is 57.2 Å². The lowest BCUT2D eigenvalue weighted by atomic mass is 10.1. The highest BCUT2D eigenvalue weighted by Gasteiger charge is 2.56. The van der Waals surface area contributed by atoms with Crippen LogP contribution in [0.3, 0.4) is 0 Å². The summed E-state index contributed by atoms with van der Waals surface area (Å²) < 4.78 is 13.5. The average Bonchev–Trinajstić information content (AvgIpc) is 3.51. The summed E-state index contributed by atoms with van der Waals surface area (Å²) in [6, 6.07) is 10.9. The van der Waals surface area contributed by atoms with Gasteiger partial charge in [-0.2, -0.15) is 0 Å². The highest BCUT2D eigenvalue weighted by atomic mass is 35.5. The van der Waals surface area contributed by atoms with E-state index in [0.717, 1.165) is 23.0 Å². The number of carbonyl (C=O) groups excluding carboxylic acids is 3. The van der Waals surface area contributed by atoms with E-state index in [4.69, 9.17) is 11.6 Å². The Bertz CT molecular complexity index is 1260. The molecular formula is C23H20ClFN4O3S. The van der Waals surface area contributed by atoms with Crippen molar-refractivity contribution in [3.63, 3.8) is 0 Å². The molecule has 0 atom stereocenters. The molecule has 1 aliphatic carbocycles. The van der Waals surface area contributed by atoms with Crippen LogP contribution in [0.2, 0.25) is 5.02 Å². The number of carbonyl (C=O) groups is 3. The van der Waals surface area contributed by atoms with E-state index in [2.05, 4.69) is 20.9 Å². The number of anilines is 3. The molecule has 7 nitrogen and oxygen atoms in total. The van der Waals surface area contributed by atoms with Crippen LogP contribution in [-0.4, -0.2) is 22.7 Å². The molecule has 1 saturated carbocycles. The summed E-state index contributed by atoms with van der Waals surface area (Å²) in [6.07, 6.45) is 0.846. The minimum atomic E-state index is -1.16. The summed E-state index contributed by atoms with van der Waals surface area (Å²) >= 11 is 6.97. The largest absolute Gasteiger partial charge is 0.325 e. The Kier molecular flexibility index (Phi) is 6.18. The van der Waals surface area contributed by atoms with Crippen LogP contribution in [0.4, 0.5) is 20.9 Å². The van der Waals surface area contributed by atoms with Gasteiger partial charge in [-0.15, -0.1) is 0 Å².